The molecular weight excluding hydrogens is 338 g/mol. The number of fused-ring (bicyclic) bond motifs is 2. The van der Waals surface area contributed by atoms with Gasteiger partial charge in [-0.25, -0.2) is 0 Å². The van der Waals surface area contributed by atoms with E-state index in [4.69, 9.17) is 9.15 Å². The standard InChI is InChI=1S/C22H21N3O2/c1-14-13-27-21-3-2-15(10-18(14)21)19-11-17(25-16-4-8-26-9-5-16)12-20-22(19)24-7-6-23-20/h2-3,6-7,10-13,16,25H,4-5,8-9H2,1H3. The van der Waals surface area contributed by atoms with Gasteiger partial charge in [0.05, 0.1) is 17.3 Å². The molecule has 1 fully saturated rings. The number of ether oxygens (including phenoxy) is 1. The minimum absolute atomic E-state index is 0.430. The molecule has 27 heavy (non-hydrogen) atoms. The molecule has 1 N–H and O–H groups in total. The Bertz CT molecular complexity index is 1110. The lowest BCUT2D eigenvalue weighted by Gasteiger charge is -2.24. The first-order valence-electron chi connectivity index (χ1n) is 9.35. The van der Waals surface area contributed by atoms with Crippen LogP contribution in [0, 0.1) is 6.92 Å². The predicted octanol–water partition coefficient (Wildman–Crippen LogP) is 4.94. The summed E-state index contributed by atoms with van der Waals surface area (Å²) in [6.45, 7) is 3.69. The molecule has 0 spiro atoms. The fraction of sp³-hybridized carbons (Fsp3) is 0.273. The molecule has 0 unspecified atom stereocenters. The highest BCUT2D eigenvalue weighted by molar-refractivity contribution is 5.97. The summed E-state index contributed by atoms with van der Waals surface area (Å²) in [7, 11) is 0. The van der Waals surface area contributed by atoms with E-state index in [1.165, 1.54) is 0 Å². The Morgan fingerprint density at radius 3 is 2.78 bits per heavy atom. The summed E-state index contributed by atoms with van der Waals surface area (Å²) in [5.41, 5.74) is 7.13. The fourth-order valence-corrected chi connectivity index (χ4v) is 3.78. The van der Waals surface area contributed by atoms with Crippen molar-refractivity contribution in [3.05, 3.63) is 54.6 Å². The molecule has 0 atom stereocenters. The molecule has 5 heteroatoms. The molecule has 2 aromatic carbocycles. The number of hydrogen-bond donors (Lipinski definition) is 1. The quantitative estimate of drug-likeness (QED) is 0.561. The number of aryl methyl sites for hydroxylation is 1. The number of hydrogen-bond acceptors (Lipinski definition) is 5. The van der Waals surface area contributed by atoms with Gasteiger partial charge in [-0.3, -0.25) is 9.97 Å². The van der Waals surface area contributed by atoms with Gasteiger partial charge in [0.25, 0.3) is 0 Å². The number of nitrogens with zero attached hydrogens (tertiary/aromatic N) is 2. The van der Waals surface area contributed by atoms with E-state index < -0.39 is 0 Å². The third kappa shape index (κ3) is 3.04. The first-order valence-corrected chi connectivity index (χ1v) is 9.35. The second-order valence-electron chi connectivity index (χ2n) is 7.11. The molecule has 0 amide bonds. The van der Waals surface area contributed by atoms with Gasteiger partial charge in [-0.2, -0.15) is 0 Å². The topological polar surface area (TPSA) is 60.2 Å². The van der Waals surface area contributed by atoms with Crippen molar-refractivity contribution in [3.63, 3.8) is 0 Å². The van der Waals surface area contributed by atoms with Crippen LogP contribution in [0.25, 0.3) is 33.1 Å². The van der Waals surface area contributed by atoms with Gasteiger partial charge in [0, 0.05) is 48.3 Å². The molecule has 3 heterocycles. The average Bonchev–Trinajstić information content (AvgIpc) is 3.08. The van der Waals surface area contributed by atoms with E-state index in [-0.39, 0.29) is 0 Å². The van der Waals surface area contributed by atoms with Crippen LogP contribution < -0.4 is 5.32 Å². The molecule has 1 aliphatic heterocycles. The fourth-order valence-electron chi connectivity index (χ4n) is 3.78. The molecule has 136 valence electrons. The van der Waals surface area contributed by atoms with Crippen LogP contribution >= 0.6 is 0 Å². The molecule has 2 aromatic heterocycles. The van der Waals surface area contributed by atoms with E-state index in [1.54, 1.807) is 18.7 Å². The number of furan rings is 1. The Labute approximate surface area is 157 Å². The van der Waals surface area contributed by atoms with Crippen molar-refractivity contribution < 1.29 is 9.15 Å². The van der Waals surface area contributed by atoms with Crippen molar-refractivity contribution in [1.29, 1.82) is 0 Å². The van der Waals surface area contributed by atoms with Crippen LogP contribution in [-0.2, 0) is 4.74 Å². The van der Waals surface area contributed by atoms with Crippen LogP contribution in [0.3, 0.4) is 0 Å². The number of nitrogens with one attached hydrogen (secondary N) is 1. The van der Waals surface area contributed by atoms with E-state index >= 15 is 0 Å². The van der Waals surface area contributed by atoms with Gasteiger partial charge >= 0.3 is 0 Å². The van der Waals surface area contributed by atoms with Gasteiger partial charge in [-0.05, 0) is 55.2 Å². The van der Waals surface area contributed by atoms with Crippen molar-refractivity contribution in [2.45, 2.75) is 25.8 Å². The molecular formula is C22H21N3O2. The summed E-state index contributed by atoms with van der Waals surface area (Å²) in [5.74, 6) is 0. The second kappa shape index (κ2) is 6.67. The highest BCUT2D eigenvalue weighted by Gasteiger charge is 2.16. The van der Waals surface area contributed by atoms with Crippen molar-refractivity contribution in [2.24, 2.45) is 0 Å². The zero-order valence-corrected chi connectivity index (χ0v) is 15.2. The first-order chi connectivity index (χ1) is 13.3. The highest BCUT2D eigenvalue weighted by atomic mass is 16.5. The molecule has 0 bridgehead atoms. The summed E-state index contributed by atoms with van der Waals surface area (Å²) in [6, 6.07) is 11.0. The van der Waals surface area contributed by atoms with E-state index in [1.807, 2.05) is 6.07 Å². The maximum Gasteiger partial charge on any atom is 0.134 e. The Hall–Kier alpha value is -2.92. The van der Waals surface area contributed by atoms with E-state index in [0.717, 1.165) is 70.4 Å². The van der Waals surface area contributed by atoms with E-state index in [9.17, 15) is 0 Å². The molecule has 4 aromatic rings. The van der Waals surface area contributed by atoms with Gasteiger partial charge in [0.15, 0.2) is 0 Å². The minimum Gasteiger partial charge on any atom is -0.464 e. The van der Waals surface area contributed by atoms with Crippen molar-refractivity contribution in [2.75, 3.05) is 18.5 Å². The number of rotatable bonds is 3. The Morgan fingerprint density at radius 2 is 1.89 bits per heavy atom. The lowest BCUT2D eigenvalue weighted by Crippen LogP contribution is -2.27. The monoisotopic (exact) mass is 359 g/mol. The molecule has 1 saturated heterocycles. The summed E-state index contributed by atoms with van der Waals surface area (Å²) < 4.78 is 11.1. The van der Waals surface area contributed by atoms with Crippen LogP contribution in [-0.4, -0.2) is 29.2 Å². The largest absolute Gasteiger partial charge is 0.464 e. The molecule has 5 nitrogen and oxygen atoms in total. The van der Waals surface area contributed by atoms with Gasteiger partial charge in [0.2, 0.25) is 0 Å². The highest BCUT2D eigenvalue weighted by Crippen LogP contribution is 2.33. The van der Waals surface area contributed by atoms with Crippen LogP contribution in [0.1, 0.15) is 18.4 Å². The molecule has 0 aliphatic carbocycles. The third-order valence-electron chi connectivity index (χ3n) is 5.24. The van der Waals surface area contributed by atoms with Gasteiger partial charge in [-0.15, -0.1) is 0 Å². The smallest absolute Gasteiger partial charge is 0.134 e. The number of aromatic nitrogens is 2. The lowest BCUT2D eigenvalue weighted by atomic mass is 10.00. The van der Waals surface area contributed by atoms with Gasteiger partial charge < -0.3 is 14.5 Å². The summed E-state index contributed by atoms with van der Waals surface area (Å²) >= 11 is 0. The number of anilines is 1. The van der Waals surface area contributed by atoms with Crippen LogP contribution in [0.15, 0.2) is 53.4 Å². The summed E-state index contributed by atoms with van der Waals surface area (Å²) in [6.07, 6.45) is 7.34. The lowest BCUT2D eigenvalue weighted by molar-refractivity contribution is 0.0904. The van der Waals surface area contributed by atoms with Crippen LogP contribution in [0.5, 0.6) is 0 Å². The average molecular weight is 359 g/mol. The van der Waals surface area contributed by atoms with E-state index in [0.29, 0.717) is 6.04 Å². The van der Waals surface area contributed by atoms with Crippen LogP contribution in [0.2, 0.25) is 0 Å². The number of benzene rings is 2. The van der Waals surface area contributed by atoms with E-state index in [2.05, 4.69) is 46.5 Å². The zero-order chi connectivity index (χ0) is 18.2. The normalized spacial score (nSPS) is 15.4. The Morgan fingerprint density at radius 1 is 1.04 bits per heavy atom. The minimum atomic E-state index is 0.430. The molecule has 0 saturated carbocycles. The zero-order valence-electron chi connectivity index (χ0n) is 15.2. The first kappa shape index (κ1) is 16.3. The van der Waals surface area contributed by atoms with Crippen molar-refractivity contribution >= 4 is 27.7 Å². The maximum atomic E-state index is 5.60. The summed E-state index contributed by atoms with van der Waals surface area (Å²) in [4.78, 5) is 9.15. The molecule has 1 aliphatic rings. The Balaban J connectivity index is 1.63. The molecule has 0 radical (unpaired) electrons. The maximum absolute atomic E-state index is 5.60. The predicted molar refractivity (Wildman–Crippen MR) is 107 cm³/mol. The Kier molecular flexibility index (Phi) is 4.02. The SMILES string of the molecule is Cc1coc2ccc(-c3cc(NC4CCOCC4)cc4nccnc34)cc12. The molecule has 5 rings (SSSR count). The van der Waals surface area contributed by atoms with Gasteiger partial charge in [0.1, 0.15) is 5.58 Å². The summed E-state index contributed by atoms with van der Waals surface area (Å²) in [5, 5.41) is 4.79. The van der Waals surface area contributed by atoms with Crippen molar-refractivity contribution in [3.8, 4) is 11.1 Å². The van der Waals surface area contributed by atoms with Gasteiger partial charge in [-0.1, -0.05) is 6.07 Å². The second-order valence-corrected chi connectivity index (χ2v) is 7.11. The van der Waals surface area contributed by atoms with Crippen molar-refractivity contribution in [1.82, 2.24) is 9.97 Å². The third-order valence-corrected chi connectivity index (χ3v) is 5.24. The van der Waals surface area contributed by atoms with Crippen LogP contribution in [0.4, 0.5) is 5.69 Å².